The maximum atomic E-state index is 13.6. The number of hydrogen-bond acceptors (Lipinski definition) is 2. The molecule has 0 aromatic carbocycles. The third-order valence-corrected chi connectivity index (χ3v) is 3.96. The van der Waals surface area contributed by atoms with Crippen LogP contribution in [-0.4, -0.2) is 24.0 Å². The molecule has 0 spiro atoms. The van der Waals surface area contributed by atoms with Crippen LogP contribution in [0.3, 0.4) is 0 Å². The summed E-state index contributed by atoms with van der Waals surface area (Å²) in [6.07, 6.45) is 2.03. The summed E-state index contributed by atoms with van der Waals surface area (Å²) in [7, 11) is 0. The van der Waals surface area contributed by atoms with Gasteiger partial charge in [0, 0.05) is 6.04 Å². The van der Waals surface area contributed by atoms with Gasteiger partial charge in [-0.2, -0.15) is 0 Å². The fourth-order valence-corrected chi connectivity index (χ4v) is 2.64. The van der Waals surface area contributed by atoms with Crippen molar-refractivity contribution in [1.82, 2.24) is 10.6 Å². The summed E-state index contributed by atoms with van der Waals surface area (Å²) in [5, 5.41) is 6.02. The Balaban J connectivity index is 1.88. The second-order valence-corrected chi connectivity index (χ2v) is 5.91. The van der Waals surface area contributed by atoms with Crippen molar-refractivity contribution in [3.8, 4) is 0 Å². The molecular formula is C13H21FN2O. The van der Waals surface area contributed by atoms with Crippen LogP contribution in [0, 0.1) is 5.41 Å². The van der Waals surface area contributed by atoms with Gasteiger partial charge < -0.3 is 10.6 Å². The standard InChI is InChI=1S/C13H21FN2O/c1-7(2)11(14)8(3)15-12(17)9-5-13(4)6-10(13)16-9/h8-10,16H,5-6H2,1-4H3,(H,15,17)/t8-,9?,10?,13?/m1/s1. The highest BCUT2D eigenvalue weighted by molar-refractivity contribution is 5.83. The summed E-state index contributed by atoms with van der Waals surface area (Å²) in [6, 6.07) is -0.188. The van der Waals surface area contributed by atoms with E-state index in [1.807, 2.05) is 0 Å². The second kappa shape index (κ2) is 4.09. The van der Waals surface area contributed by atoms with Crippen LogP contribution in [-0.2, 0) is 4.79 Å². The van der Waals surface area contributed by atoms with Crippen LogP contribution in [0.5, 0.6) is 0 Å². The van der Waals surface area contributed by atoms with Crippen molar-refractivity contribution < 1.29 is 9.18 Å². The zero-order valence-corrected chi connectivity index (χ0v) is 10.9. The number of halogens is 1. The summed E-state index contributed by atoms with van der Waals surface area (Å²) in [5.74, 6) is -0.324. The predicted octanol–water partition coefficient (Wildman–Crippen LogP) is 1.90. The number of carbonyl (C=O) groups excluding carboxylic acids is 1. The van der Waals surface area contributed by atoms with Crippen molar-refractivity contribution in [2.24, 2.45) is 5.41 Å². The quantitative estimate of drug-likeness (QED) is 0.791. The summed E-state index contributed by atoms with van der Waals surface area (Å²) >= 11 is 0. The first-order valence-electron chi connectivity index (χ1n) is 6.23. The summed E-state index contributed by atoms with van der Waals surface area (Å²) in [5.41, 5.74) is 0.923. The molecule has 17 heavy (non-hydrogen) atoms. The van der Waals surface area contributed by atoms with Crippen molar-refractivity contribution in [2.45, 2.75) is 58.7 Å². The van der Waals surface area contributed by atoms with Crippen LogP contribution in [0.4, 0.5) is 4.39 Å². The SMILES string of the molecule is CC(C)=C(F)[C@@H](C)NC(=O)C1CC2(C)CC2N1. The summed E-state index contributed by atoms with van der Waals surface area (Å²) in [6.45, 7) is 7.29. The lowest BCUT2D eigenvalue weighted by atomic mass is 10.0. The zero-order valence-electron chi connectivity index (χ0n) is 10.9. The molecule has 2 aliphatic rings. The lowest BCUT2D eigenvalue weighted by Gasteiger charge is -2.18. The molecule has 0 bridgehead atoms. The van der Waals surface area contributed by atoms with Gasteiger partial charge in [-0.05, 0) is 44.6 Å². The number of allylic oxidation sites excluding steroid dienone is 1. The maximum Gasteiger partial charge on any atom is 0.237 e. The van der Waals surface area contributed by atoms with Crippen LogP contribution < -0.4 is 10.6 Å². The van der Waals surface area contributed by atoms with Gasteiger partial charge in [0.2, 0.25) is 5.91 Å². The molecule has 3 nitrogen and oxygen atoms in total. The van der Waals surface area contributed by atoms with Gasteiger partial charge in [0.1, 0.15) is 5.83 Å². The van der Waals surface area contributed by atoms with Gasteiger partial charge in [0.15, 0.2) is 0 Å². The molecule has 1 aliphatic carbocycles. The van der Waals surface area contributed by atoms with Gasteiger partial charge in [-0.3, -0.25) is 4.79 Å². The lowest BCUT2D eigenvalue weighted by molar-refractivity contribution is -0.123. The molecule has 1 saturated heterocycles. The Labute approximate surface area is 102 Å². The van der Waals surface area contributed by atoms with Gasteiger partial charge in [-0.25, -0.2) is 4.39 Å². The number of amides is 1. The average molecular weight is 240 g/mol. The van der Waals surface area contributed by atoms with Gasteiger partial charge >= 0.3 is 0 Å². The van der Waals surface area contributed by atoms with Crippen molar-refractivity contribution >= 4 is 5.91 Å². The highest BCUT2D eigenvalue weighted by Crippen LogP contribution is 2.53. The van der Waals surface area contributed by atoms with Crippen LogP contribution in [0.1, 0.15) is 40.5 Å². The highest BCUT2D eigenvalue weighted by Gasteiger charge is 2.58. The molecule has 1 heterocycles. The molecule has 4 heteroatoms. The maximum absolute atomic E-state index is 13.6. The molecule has 1 amide bonds. The molecule has 2 rings (SSSR count). The lowest BCUT2D eigenvalue weighted by Crippen LogP contribution is -2.45. The largest absolute Gasteiger partial charge is 0.346 e. The Kier molecular flexibility index (Phi) is 3.02. The summed E-state index contributed by atoms with van der Waals surface area (Å²) in [4.78, 5) is 11.9. The van der Waals surface area contributed by atoms with E-state index in [4.69, 9.17) is 0 Å². The smallest absolute Gasteiger partial charge is 0.237 e. The zero-order chi connectivity index (χ0) is 12.8. The number of nitrogens with one attached hydrogen (secondary N) is 2. The highest BCUT2D eigenvalue weighted by atomic mass is 19.1. The number of rotatable bonds is 3. The number of fused-ring (bicyclic) bond motifs is 1. The third-order valence-electron chi connectivity index (χ3n) is 3.96. The van der Waals surface area contributed by atoms with E-state index in [-0.39, 0.29) is 17.8 Å². The molecule has 3 unspecified atom stereocenters. The Hall–Kier alpha value is -0.900. The molecule has 0 radical (unpaired) electrons. The fourth-order valence-electron chi connectivity index (χ4n) is 2.64. The van der Waals surface area contributed by atoms with E-state index in [1.54, 1.807) is 20.8 Å². The number of carbonyl (C=O) groups is 1. The Morgan fingerprint density at radius 1 is 1.47 bits per heavy atom. The predicted molar refractivity (Wildman–Crippen MR) is 65.1 cm³/mol. The Bertz CT molecular complexity index is 376. The molecule has 96 valence electrons. The van der Waals surface area contributed by atoms with E-state index in [9.17, 15) is 9.18 Å². The monoisotopic (exact) mass is 240 g/mol. The van der Waals surface area contributed by atoms with E-state index >= 15 is 0 Å². The molecule has 2 N–H and O–H groups in total. The first-order chi connectivity index (χ1) is 7.83. The Morgan fingerprint density at radius 2 is 2.12 bits per heavy atom. The minimum absolute atomic E-state index is 0.0812. The van der Waals surface area contributed by atoms with Gasteiger partial charge in [0.05, 0.1) is 12.1 Å². The van der Waals surface area contributed by atoms with Crippen molar-refractivity contribution in [1.29, 1.82) is 0 Å². The van der Waals surface area contributed by atoms with Gasteiger partial charge in [0.25, 0.3) is 0 Å². The van der Waals surface area contributed by atoms with Gasteiger partial charge in [-0.15, -0.1) is 0 Å². The van der Waals surface area contributed by atoms with E-state index in [2.05, 4.69) is 17.6 Å². The second-order valence-electron chi connectivity index (χ2n) is 5.91. The average Bonchev–Trinajstić information content (AvgIpc) is 2.75. The van der Waals surface area contributed by atoms with Crippen LogP contribution >= 0.6 is 0 Å². The normalized spacial score (nSPS) is 36.1. The minimum atomic E-state index is -0.529. The molecule has 0 aromatic rings. The van der Waals surface area contributed by atoms with Crippen molar-refractivity contribution in [3.63, 3.8) is 0 Å². The molecular weight excluding hydrogens is 219 g/mol. The van der Waals surface area contributed by atoms with Crippen LogP contribution in [0.15, 0.2) is 11.4 Å². The first kappa shape index (κ1) is 12.6. The molecule has 0 aromatic heterocycles. The number of piperidine rings is 1. The van der Waals surface area contributed by atoms with E-state index in [0.29, 0.717) is 17.0 Å². The minimum Gasteiger partial charge on any atom is -0.346 e. The van der Waals surface area contributed by atoms with Crippen LogP contribution in [0.2, 0.25) is 0 Å². The van der Waals surface area contributed by atoms with E-state index in [1.165, 1.54) is 0 Å². The fraction of sp³-hybridized carbons (Fsp3) is 0.769. The van der Waals surface area contributed by atoms with Crippen LogP contribution in [0.25, 0.3) is 0 Å². The molecule has 4 atom stereocenters. The molecule has 1 saturated carbocycles. The first-order valence-corrected chi connectivity index (χ1v) is 6.23. The molecule has 1 aliphatic heterocycles. The van der Waals surface area contributed by atoms with Gasteiger partial charge in [-0.1, -0.05) is 6.92 Å². The molecule has 2 fully saturated rings. The Morgan fingerprint density at radius 3 is 2.59 bits per heavy atom. The van der Waals surface area contributed by atoms with E-state index < -0.39 is 6.04 Å². The topological polar surface area (TPSA) is 41.1 Å². The number of hydrogen-bond donors (Lipinski definition) is 2. The third kappa shape index (κ3) is 2.37. The van der Waals surface area contributed by atoms with Crippen molar-refractivity contribution in [2.75, 3.05) is 0 Å². The van der Waals surface area contributed by atoms with Crippen molar-refractivity contribution in [3.05, 3.63) is 11.4 Å². The van der Waals surface area contributed by atoms with E-state index in [0.717, 1.165) is 12.8 Å². The summed E-state index contributed by atoms with van der Waals surface area (Å²) < 4.78 is 13.6.